The van der Waals surface area contributed by atoms with E-state index in [0.717, 1.165) is 63.7 Å². The first kappa shape index (κ1) is 20.1. The molecule has 162 valence electrons. The number of hydrogen-bond donors (Lipinski definition) is 0. The van der Waals surface area contributed by atoms with Gasteiger partial charge < -0.3 is 18.9 Å². The Morgan fingerprint density at radius 1 is 1.03 bits per heavy atom. The Bertz CT molecular complexity index is 803. The number of hydrogen-bond acceptors (Lipinski definition) is 7. The van der Waals surface area contributed by atoms with E-state index in [-0.39, 0.29) is 11.8 Å². The summed E-state index contributed by atoms with van der Waals surface area (Å²) in [5, 5.41) is 4.18. The maximum Gasteiger partial charge on any atom is 0.244 e. The second kappa shape index (κ2) is 8.75. The first-order valence-electron chi connectivity index (χ1n) is 11.3. The van der Waals surface area contributed by atoms with Crippen LogP contribution in [0.3, 0.4) is 0 Å². The third-order valence-electron chi connectivity index (χ3n) is 6.98. The third kappa shape index (κ3) is 4.30. The standard InChI is InChI=1S/C23H32N4O3/c1-18(22-24-21(25-30-22)20-5-3-2-4-6-20)27-13-11-26(12-14-27)17-19-7-9-23(10-8-19)28-15-16-29-23/h2-6,18-19H,7-17H2,1H3/t18-/m0/s1. The van der Waals surface area contributed by atoms with Gasteiger partial charge in [-0.1, -0.05) is 35.5 Å². The molecule has 3 fully saturated rings. The van der Waals surface area contributed by atoms with Crippen LogP contribution in [-0.2, 0) is 9.47 Å². The van der Waals surface area contributed by atoms with Crippen LogP contribution in [0, 0.1) is 5.92 Å². The van der Waals surface area contributed by atoms with Gasteiger partial charge in [0.05, 0.1) is 19.3 Å². The van der Waals surface area contributed by atoms with E-state index >= 15 is 0 Å². The molecule has 3 aliphatic rings. The van der Waals surface area contributed by atoms with Gasteiger partial charge in [0, 0.05) is 51.1 Å². The van der Waals surface area contributed by atoms with Gasteiger partial charge in [-0.05, 0) is 25.7 Å². The van der Waals surface area contributed by atoms with Gasteiger partial charge in [0.15, 0.2) is 5.79 Å². The van der Waals surface area contributed by atoms with E-state index in [9.17, 15) is 0 Å². The molecule has 2 saturated heterocycles. The Morgan fingerprint density at radius 3 is 2.43 bits per heavy atom. The SMILES string of the molecule is C[C@@H](c1nc(-c2ccccc2)no1)N1CCN(CC2CCC3(CC2)OCCO3)CC1. The average Bonchev–Trinajstić information content (AvgIpc) is 3.47. The fraction of sp³-hybridized carbons (Fsp3) is 0.652. The van der Waals surface area contributed by atoms with Crippen molar-refractivity contribution in [2.24, 2.45) is 5.92 Å². The molecule has 2 aromatic rings. The van der Waals surface area contributed by atoms with E-state index in [1.54, 1.807) is 0 Å². The summed E-state index contributed by atoms with van der Waals surface area (Å²) in [6.45, 7) is 9.14. The highest BCUT2D eigenvalue weighted by atomic mass is 16.7. The quantitative estimate of drug-likeness (QED) is 0.746. The van der Waals surface area contributed by atoms with Crippen LogP contribution >= 0.6 is 0 Å². The fourth-order valence-electron chi connectivity index (χ4n) is 5.05. The molecule has 1 spiro atoms. The normalized spacial score (nSPS) is 24.4. The molecule has 7 nitrogen and oxygen atoms in total. The van der Waals surface area contributed by atoms with Crippen molar-refractivity contribution in [3.8, 4) is 11.4 Å². The van der Waals surface area contributed by atoms with E-state index in [4.69, 9.17) is 14.0 Å². The van der Waals surface area contributed by atoms with Crippen molar-refractivity contribution in [1.29, 1.82) is 0 Å². The van der Waals surface area contributed by atoms with Crippen molar-refractivity contribution in [3.05, 3.63) is 36.2 Å². The predicted molar refractivity (Wildman–Crippen MR) is 113 cm³/mol. The molecule has 1 aromatic heterocycles. The molecule has 1 atom stereocenters. The Kier molecular flexibility index (Phi) is 5.87. The lowest BCUT2D eigenvalue weighted by atomic mass is 9.84. The number of piperazine rings is 1. The minimum Gasteiger partial charge on any atom is -0.348 e. The number of rotatable bonds is 5. The number of aromatic nitrogens is 2. The van der Waals surface area contributed by atoms with E-state index < -0.39 is 0 Å². The zero-order valence-electron chi connectivity index (χ0n) is 17.8. The van der Waals surface area contributed by atoms with Crippen molar-refractivity contribution >= 4 is 0 Å². The highest BCUT2D eigenvalue weighted by Gasteiger charge is 2.40. The second-order valence-corrected chi connectivity index (χ2v) is 8.89. The molecule has 3 heterocycles. The lowest BCUT2D eigenvalue weighted by molar-refractivity contribution is -0.183. The van der Waals surface area contributed by atoms with Gasteiger partial charge in [-0.3, -0.25) is 4.90 Å². The molecule has 0 amide bonds. The van der Waals surface area contributed by atoms with Crippen molar-refractivity contribution in [1.82, 2.24) is 19.9 Å². The highest BCUT2D eigenvalue weighted by Crippen LogP contribution is 2.38. The molecule has 0 radical (unpaired) electrons. The van der Waals surface area contributed by atoms with Crippen molar-refractivity contribution in [3.63, 3.8) is 0 Å². The zero-order valence-corrected chi connectivity index (χ0v) is 17.8. The zero-order chi connectivity index (χ0) is 20.4. The largest absolute Gasteiger partial charge is 0.348 e. The smallest absolute Gasteiger partial charge is 0.244 e. The first-order chi connectivity index (χ1) is 14.7. The summed E-state index contributed by atoms with van der Waals surface area (Å²) in [6, 6.07) is 10.1. The van der Waals surface area contributed by atoms with Gasteiger partial charge in [0.25, 0.3) is 0 Å². The Balaban J connectivity index is 1.10. The van der Waals surface area contributed by atoms with Crippen molar-refractivity contribution in [2.75, 3.05) is 45.9 Å². The molecule has 1 saturated carbocycles. The van der Waals surface area contributed by atoms with Gasteiger partial charge in [-0.25, -0.2) is 0 Å². The lowest BCUT2D eigenvalue weighted by Crippen LogP contribution is -2.49. The van der Waals surface area contributed by atoms with Crippen LogP contribution in [0.25, 0.3) is 11.4 Å². The Morgan fingerprint density at radius 2 is 1.73 bits per heavy atom. The Labute approximate surface area is 178 Å². The number of nitrogens with zero attached hydrogens (tertiary/aromatic N) is 4. The molecule has 0 N–H and O–H groups in total. The summed E-state index contributed by atoms with van der Waals surface area (Å²) in [5.41, 5.74) is 0.993. The van der Waals surface area contributed by atoms with E-state index in [2.05, 4.69) is 26.9 Å². The minimum absolute atomic E-state index is 0.142. The molecule has 5 rings (SSSR count). The maximum absolute atomic E-state index is 5.87. The van der Waals surface area contributed by atoms with Crippen LogP contribution in [-0.4, -0.2) is 71.7 Å². The monoisotopic (exact) mass is 412 g/mol. The molecule has 1 aliphatic carbocycles. The molecule has 1 aromatic carbocycles. The minimum atomic E-state index is -0.243. The van der Waals surface area contributed by atoms with E-state index in [1.165, 1.54) is 19.4 Å². The Hall–Kier alpha value is -1.80. The summed E-state index contributed by atoms with van der Waals surface area (Å²) >= 11 is 0. The van der Waals surface area contributed by atoms with Crippen LogP contribution < -0.4 is 0 Å². The third-order valence-corrected chi connectivity index (χ3v) is 6.98. The first-order valence-corrected chi connectivity index (χ1v) is 11.3. The van der Waals surface area contributed by atoms with Crippen molar-refractivity contribution in [2.45, 2.75) is 44.4 Å². The van der Waals surface area contributed by atoms with Crippen molar-refractivity contribution < 1.29 is 14.0 Å². The summed E-state index contributed by atoms with van der Waals surface area (Å²) in [6.07, 6.45) is 4.52. The second-order valence-electron chi connectivity index (χ2n) is 8.89. The molecular weight excluding hydrogens is 380 g/mol. The molecule has 30 heavy (non-hydrogen) atoms. The maximum atomic E-state index is 5.87. The van der Waals surface area contributed by atoms with Crippen LogP contribution in [0.5, 0.6) is 0 Å². The van der Waals surface area contributed by atoms with Crippen LogP contribution in [0.4, 0.5) is 0 Å². The molecule has 0 bridgehead atoms. The summed E-state index contributed by atoms with van der Waals surface area (Å²) in [7, 11) is 0. The predicted octanol–water partition coefficient (Wildman–Crippen LogP) is 3.35. The van der Waals surface area contributed by atoms with Crippen LogP contribution in [0.15, 0.2) is 34.9 Å². The summed E-state index contributed by atoms with van der Waals surface area (Å²) < 4.78 is 17.3. The van der Waals surface area contributed by atoms with Gasteiger partial charge in [-0.2, -0.15) is 4.98 Å². The van der Waals surface area contributed by atoms with E-state index in [1.807, 2.05) is 30.3 Å². The summed E-state index contributed by atoms with van der Waals surface area (Å²) in [5.74, 6) is 1.89. The molecule has 2 aliphatic heterocycles. The average molecular weight is 413 g/mol. The van der Waals surface area contributed by atoms with Gasteiger partial charge in [0.1, 0.15) is 0 Å². The van der Waals surface area contributed by atoms with Crippen LogP contribution in [0.1, 0.15) is 44.5 Å². The topological polar surface area (TPSA) is 63.9 Å². The highest BCUT2D eigenvalue weighted by molar-refractivity contribution is 5.53. The van der Waals surface area contributed by atoms with Gasteiger partial charge in [0.2, 0.25) is 11.7 Å². The van der Waals surface area contributed by atoms with Gasteiger partial charge in [-0.15, -0.1) is 0 Å². The van der Waals surface area contributed by atoms with Crippen LogP contribution in [0.2, 0.25) is 0 Å². The van der Waals surface area contributed by atoms with Gasteiger partial charge >= 0.3 is 0 Å². The summed E-state index contributed by atoms with van der Waals surface area (Å²) in [4.78, 5) is 9.72. The molecule has 7 heteroatoms. The number of ether oxygens (including phenoxy) is 2. The number of benzene rings is 1. The fourth-order valence-corrected chi connectivity index (χ4v) is 5.05. The molecular formula is C23H32N4O3. The van der Waals surface area contributed by atoms with E-state index in [0.29, 0.717) is 11.7 Å². The lowest BCUT2D eigenvalue weighted by Gasteiger charge is -2.40. The molecule has 0 unspecified atom stereocenters.